The molecule has 1 unspecified atom stereocenters. The molecule has 4 aromatic rings. The molecule has 3 fully saturated rings. The Hall–Kier alpha value is -5.81. The Morgan fingerprint density at radius 1 is 1.02 bits per heavy atom. The van der Waals surface area contributed by atoms with Gasteiger partial charge in [0.05, 0.1) is 23.9 Å². The number of likely N-dealkylation sites (tertiary alicyclic amines) is 1. The van der Waals surface area contributed by atoms with Crippen molar-refractivity contribution in [3.05, 3.63) is 74.9 Å². The van der Waals surface area contributed by atoms with Crippen LogP contribution in [0.5, 0.6) is 5.75 Å². The van der Waals surface area contributed by atoms with Crippen LogP contribution in [-0.2, 0) is 20.9 Å². The number of pyridine rings is 1. The molecule has 6 heterocycles. The maximum Gasteiger partial charge on any atom is 0.293 e. The number of aromatic nitrogens is 3. The Morgan fingerprint density at radius 2 is 1.77 bits per heavy atom. The van der Waals surface area contributed by atoms with Crippen LogP contribution in [0.3, 0.4) is 0 Å². The first-order chi connectivity index (χ1) is 30.8. The van der Waals surface area contributed by atoms with Crippen molar-refractivity contribution < 1.29 is 28.3 Å². The third-order valence-electron chi connectivity index (χ3n) is 13.4. The minimum absolute atomic E-state index is 0.00197. The number of carbonyl (C=O) groups is 4. The lowest BCUT2D eigenvalue weighted by Gasteiger charge is -2.55. The lowest BCUT2D eigenvalue weighted by atomic mass is 9.71. The molecule has 16 nitrogen and oxygen atoms in total. The van der Waals surface area contributed by atoms with Crippen molar-refractivity contribution in [2.75, 3.05) is 81.6 Å². The van der Waals surface area contributed by atoms with Crippen LogP contribution in [0, 0.1) is 17.2 Å². The second-order valence-electron chi connectivity index (χ2n) is 17.8. The summed E-state index contributed by atoms with van der Waals surface area (Å²) in [7, 11) is 3.00. The highest BCUT2D eigenvalue weighted by Crippen LogP contribution is 2.45. The minimum Gasteiger partial charge on any atom is -0.478 e. The Morgan fingerprint density at radius 3 is 2.45 bits per heavy atom. The van der Waals surface area contributed by atoms with E-state index in [1.807, 2.05) is 32.0 Å². The smallest absolute Gasteiger partial charge is 0.293 e. The van der Waals surface area contributed by atoms with Crippen LogP contribution in [0.25, 0.3) is 10.9 Å². The molecule has 0 aliphatic carbocycles. The molecule has 1 atom stereocenters. The number of carbonyl (C=O) groups excluding carboxylic acids is 4. The van der Waals surface area contributed by atoms with Gasteiger partial charge in [0.1, 0.15) is 17.4 Å². The van der Waals surface area contributed by atoms with E-state index in [9.17, 15) is 24.0 Å². The molecular formula is C46H56ClFN10O6. The molecule has 0 bridgehead atoms. The van der Waals surface area contributed by atoms with Crippen LogP contribution in [0.1, 0.15) is 74.3 Å². The van der Waals surface area contributed by atoms with Gasteiger partial charge in [-0.2, -0.15) is 4.98 Å². The van der Waals surface area contributed by atoms with Gasteiger partial charge in [0.15, 0.2) is 24.0 Å². The Kier molecular flexibility index (Phi) is 13.1. The first-order valence-corrected chi connectivity index (χ1v) is 22.5. The number of nitrogens with one attached hydrogen (secondary N) is 3. The fourth-order valence-corrected chi connectivity index (χ4v) is 9.92. The lowest BCUT2D eigenvalue weighted by Crippen LogP contribution is -2.61. The summed E-state index contributed by atoms with van der Waals surface area (Å²) in [4.78, 5) is 79.6. The normalized spacial score (nSPS) is 18.0. The van der Waals surface area contributed by atoms with Crippen molar-refractivity contribution in [3.63, 3.8) is 0 Å². The number of piperidine rings is 2. The summed E-state index contributed by atoms with van der Waals surface area (Å²) in [5, 5.41) is 9.54. The molecule has 340 valence electrons. The molecule has 0 saturated carbocycles. The molecule has 18 heteroatoms. The zero-order valence-corrected chi connectivity index (χ0v) is 37.5. The van der Waals surface area contributed by atoms with E-state index in [2.05, 4.69) is 35.6 Å². The van der Waals surface area contributed by atoms with Crippen LogP contribution in [0.15, 0.2) is 47.4 Å². The van der Waals surface area contributed by atoms with Crippen LogP contribution in [0.2, 0.25) is 5.02 Å². The summed E-state index contributed by atoms with van der Waals surface area (Å²) in [6.45, 7) is 9.77. The zero-order valence-electron chi connectivity index (χ0n) is 36.8. The molecule has 2 aromatic carbocycles. The van der Waals surface area contributed by atoms with E-state index in [0.29, 0.717) is 39.6 Å². The first-order valence-electron chi connectivity index (χ1n) is 22.1. The second kappa shape index (κ2) is 18.7. The average Bonchev–Trinajstić information content (AvgIpc) is 3.62. The van der Waals surface area contributed by atoms with E-state index in [0.717, 1.165) is 88.7 Å². The van der Waals surface area contributed by atoms with Crippen molar-refractivity contribution in [2.45, 2.75) is 71.0 Å². The van der Waals surface area contributed by atoms with Crippen molar-refractivity contribution in [1.29, 1.82) is 0 Å². The number of hydrogen-bond acceptors (Lipinski definition) is 12. The quantitative estimate of drug-likeness (QED) is 0.138. The van der Waals surface area contributed by atoms with Crippen LogP contribution >= 0.6 is 11.6 Å². The third kappa shape index (κ3) is 8.96. The molecule has 0 radical (unpaired) electrons. The van der Waals surface area contributed by atoms with E-state index in [1.54, 1.807) is 29.0 Å². The predicted molar refractivity (Wildman–Crippen MR) is 243 cm³/mol. The number of rotatable bonds is 15. The van der Waals surface area contributed by atoms with Gasteiger partial charge in [-0.1, -0.05) is 11.6 Å². The van der Waals surface area contributed by atoms with Gasteiger partial charge in [-0.3, -0.25) is 19.2 Å². The Labute approximate surface area is 376 Å². The standard InChI is InChI=1S/C46H56ClFN10O6/c1-28(2)58-35-9-7-31(20-30(35)21-38(44(58)63)64-25-39(60)49-3)52-41-34(47)22-51-45(53-41)55-15-11-29(12-16-55)23-54-17-13-46(14-18-54)26-56(27-46)36-10-8-32-33(40(36)48)24-57(43(32)62)37(6-5-19-59)42(61)50-4/h7-10,19-22,28-29,37H,5-6,11-18,23-27H2,1-4H3,(H,49,60)(H,50,61)(H,51,52,53). The SMILES string of the molecule is CNC(=O)COc1cc2cc(Nc3nc(N4CCC(CN5CCC6(CC5)CN(c5ccc7c(c5F)CN(C(CCC=O)C(=O)NC)C7=O)C6)CC4)ncc3Cl)ccc2n(C(C)C)c1=O. The highest BCUT2D eigenvalue weighted by Gasteiger charge is 2.47. The van der Waals surface area contributed by atoms with Gasteiger partial charge >= 0.3 is 0 Å². The fraction of sp³-hybridized carbons (Fsp3) is 0.500. The van der Waals surface area contributed by atoms with E-state index >= 15 is 4.39 Å². The number of anilines is 4. The fourth-order valence-electron chi connectivity index (χ4n) is 9.78. The van der Waals surface area contributed by atoms with Crippen molar-refractivity contribution in [2.24, 2.45) is 11.3 Å². The number of hydrogen-bond donors (Lipinski definition) is 3. The summed E-state index contributed by atoms with van der Waals surface area (Å²) < 4.78 is 23.3. The minimum atomic E-state index is -0.836. The second-order valence-corrected chi connectivity index (χ2v) is 18.2. The van der Waals surface area contributed by atoms with Crippen molar-refractivity contribution in [1.82, 2.24) is 35.0 Å². The van der Waals surface area contributed by atoms with Gasteiger partial charge < -0.3 is 49.6 Å². The third-order valence-corrected chi connectivity index (χ3v) is 13.7. The van der Waals surface area contributed by atoms with E-state index in [-0.39, 0.29) is 72.0 Å². The van der Waals surface area contributed by atoms with E-state index in [4.69, 9.17) is 21.3 Å². The van der Waals surface area contributed by atoms with Gasteiger partial charge in [-0.15, -0.1) is 0 Å². The Bertz CT molecular complexity index is 2500. The summed E-state index contributed by atoms with van der Waals surface area (Å²) in [5.41, 5.74) is 2.36. The van der Waals surface area contributed by atoms with Crippen molar-refractivity contribution >= 4 is 69.7 Å². The van der Waals surface area contributed by atoms with Gasteiger partial charge in [0.2, 0.25) is 11.9 Å². The van der Waals surface area contributed by atoms with E-state index in [1.165, 1.54) is 19.0 Å². The van der Waals surface area contributed by atoms with Crippen molar-refractivity contribution in [3.8, 4) is 5.75 Å². The predicted octanol–water partition coefficient (Wildman–Crippen LogP) is 4.90. The maximum absolute atomic E-state index is 16.0. The first kappa shape index (κ1) is 44.8. The lowest BCUT2D eigenvalue weighted by molar-refractivity contribution is -0.125. The number of benzene rings is 2. The summed E-state index contributed by atoms with van der Waals surface area (Å²) in [6.07, 6.45) is 6.75. The zero-order chi connectivity index (χ0) is 45.3. The number of halogens is 2. The van der Waals surface area contributed by atoms with E-state index < -0.39 is 11.9 Å². The van der Waals surface area contributed by atoms with Gasteiger partial charge in [-0.25, -0.2) is 9.37 Å². The molecule has 1 spiro atoms. The largest absolute Gasteiger partial charge is 0.478 e. The monoisotopic (exact) mass is 898 g/mol. The number of amides is 3. The molecule has 3 amide bonds. The number of nitrogens with zero attached hydrogens (tertiary/aromatic N) is 7. The van der Waals surface area contributed by atoms with Gasteiger partial charge in [0.25, 0.3) is 17.4 Å². The topological polar surface area (TPSA) is 174 Å². The molecular weight excluding hydrogens is 843 g/mol. The number of likely N-dealkylation sites (N-methyl/N-ethyl adjacent to an activating group) is 2. The van der Waals surface area contributed by atoms with Crippen LogP contribution in [0.4, 0.5) is 27.5 Å². The van der Waals surface area contributed by atoms with Crippen LogP contribution in [-0.4, -0.2) is 121 Å². The molecule has 2 aromatic heterocycles. The average molecular weight is 899 g/mol. The number of aldehydes is 1. The molecule has 8 rings (SSSR count). The summed E-state index contributed by atoms with van der Waals surface area (Å²) in [5.74, 6) is 0.213. The highest BCUT2D eigenvalue weighted by atomic mass is 35.5. The Balaban J connectivity index is 0.831. The maximum atomic E-state index is 16.0. The number of fused-ring (bicyclic) bond motifs is 2. The van der Waals surface area contributed by atoms with Crippen LogP contribution < -0.4 is 36.0 Å². The molecule has 4 aliphatic heterocycles. The van der Waals surface area contributed by atoms with Gasteiger partial charge in [0, 0.05) is 86.9 Å². The summed E-state index contributed by atoms with van der Waals surface area (Å²) in [6, 6.07) is 9.68. The molecule has 4 aliphatic rings. The molecule has 64 heavy (non-hydrogen) atoms. The van der Waals surface area contributed by atoms with Gasteiger partial charge in [-0.05, 0) is 101 Å². The molecule has 3 saturated heterocycles. The highest BCUT2D eigenvalue weighted by molar-refractivity contribution is 6.33. The molecule has 3 N–H and O–H groups in total. The number of ether oxygens (including phenoxy) is 1. The summed E-state index contributed by atoms with van der Waals surface area (Å²) >= 11 is 6.61.